The van der Waals surface area contributed by atoms with E-state index >= 15 is 0 Å². The highest BCUT2D eigenvalue weighted by molar-refractivity contribution is 9.10. The highest BCUT2D eigenvalue weighted by Crippen LogP contribution is 2.14. The Hall–Kier alpha value is -0.640. The molecular weight excluding hydrogens is 280 g/mol. The smallest absolute Gasteiger partial charge is 0.157 e. The summed E-state index contributed by atoms with van der Waals surface area (Å²) in [5, 5.41) is 0. The molecule has 0 aromatic heterocycles. The lowest BCUT2D eigenvalue weighted by Crippen LogP contribution is -2.22. The van der Waals surface area contributed by atoms with E-state index in [4.69, 9.17) is 9.47 Å². The molecule has 1 saturated heterocycles. The average molecular weight is 297 g/mol. The fourth-order valence-electron chi connectivity index (χ4n) is 1.76. The van der Waals surface area contributed by atoms with Gasteiger partial charge >= 0.3 is 0 Å². The lowest BCUT2D eigenvalue weighted by Gasteiger charge is -2.21. The standard InChI is InChI=1S/C14H17BrO2/c15-13-8-6-12(7-9-13)4-3-11-17-14-5-1-2-10-16-14/h3-4,6-9,14H,1-2,5,10-11H2. The van der Waals surface area contributed by atoms with Crippen LogP contribution in [0, 0.1) is 0 Å². The molecular formula is C14H17BrO2. The van der Waals surface area contributed by atoms with Crippen LogP contribution < -0.4 is 0 Å². The van der Waals surface area contributed by atoms with E-state index in [0.717, 1.165) is 23.9 Å². The minimum Gasteiger partial charge on any atom is -0.353 e. The Bertz CT molecular complexity index is 353. The second-order valence-corrected chi connectivity index (χ2v) is 5.00. The molecule has 0 bridgehead atoms. The van der Waals surface area contributed by atoms with Gasteiger partial charge in [0.25, 0.3) is 0 Å². The Kier molecular flexibility index (Phi) is 5.23. The largest absolute Gasteiger partial charge is 0.353 e. The van der Waals surface area contributed by atoms with Crippen molar-refractivity contribution in [1.29, 1.82) is 0 Å². The molecule has 0 N–H and O–H groups in total. The molecule has 17 heavy (non-hydrogen) atoms. The number of benzene rings is 1. The topological polar surface area (TPSA) is 18.5 Å². The van der Waals surface area contributed by atoms with Crippen LogP contribution in [0.15, 0.2) is 34.8 Å². The normalized spacial score (nSPS) is 20.9. The van der Waals surface area contributed by atoms with Crippen molar-refractivity contribution >= 4 is 22.0 Å². The van der Waals surface area contributed by atoms with Crippen molar-refractivity contribution in [2.75, 3.05) is 13.2 Å². The Balaban J connectivity index is 1.72. The maximum absolute atomic E-state index is 5.61. The number of rotatable bonds is 4. The molecule has 92 valence electrons. The van der Waals surface area contributed by atoms with Gasteiger partial charge in [0.05, 0.1) is 6.61 Å². The first-order chi connectivity index (χ1) is 8.34. The van der Waals surface area contributed by atoms with Gasteiger partial charge in [0.15, 0.2) is 6.29 Å². The zero-order valence-corrected chi connectivity index (χ0v) is 11.4. The van der Waals surface area contributed by atoms with E-state index in [2.05, 4.69) is 34.1 Å². The molecule has 1 heterocycles. The minimum absolute atomic E-state index is 0.00156. The van der Waals surface area contributed by atoms with Crippen molar-refractivity contribution in [2.24, 2.45) is 0 Å². The lowest BCUT2D eigenvalue weighted by atomic mass is 10.2. The van der Waals surface area contributed by atoms with Crippen molar-refractivity contribution in [2.45, 2.75) is 25.6 Å². The molecule has 0 radical (unpaired) electrons. The Morgan fingerprint density at radius 3 is 2.82 bits per heavy atom. The van der Waals surface area contributed by atoms with Gasteiger partial charge < -0.3 is 9.47 Å². The van der Waals surface area contributed by atoms with Crippen LogP contribution in [0.25, 0.3) is 6.08 Å². The Labute approximate surface area is 111 Å². The van der Waals surface area contributed by atoms with Gasteiger partial charge in [-0.2, -0.15) is 0 Å². The summed E-state index contributed by atoms with van der Waals surface area (Å²) in [7, 11) is 0. The fourth-order valence-corrected chi connectivity index (χ4v) is 2.03. The molecule has 3 heteroatoms. The van der Waals surface area contributed by atoms with Gasteiger partial charge in [-0.05, 0) is 37.0 Å². The number of hydrogen-bond donors (Lipinski definition) is 0. The minimum atomic E-state index is -0.00156. The highest BCUT2D eigenvalue weighted by Gasteiger charge is 2.12. The van der Waals surface area contributed by atoms with Gasteiger partial charge in [-0.25, -0.2) is 0 Å². The zero-order chi connectivity index (χ0) is 11.9. The number of hydrogen-bond acceptors (Lipinski definition) is 2. The summed E-state index contributed by atoms with van der Waals surface area (Å²) in [6.45, 7) is 1.45. The molecule has 0 aliphatic carbocycles. The third kappa shape index (κ3) is 4.62. The van der Waals surface area contributed by atoms with Crippen LogP contribution in [0.1, 0.15) is 24.8 Å². The molecule has 1 aliphatic rings. The zero-order valence-electron chi connectivity index (χ0n) is 9.77. The third-order valence-corrected chi connectivity index (χ3v) is 3.23. The molecule has 1 unspecified atom stereocenters. The van der Waals surface area contributed by atoms with Gasteiger partial charge in [0.1, 0.15) is 0 Å². The molecule has 1 atom stereocenters. The summed E-state index contributed by atoms with van der Waals surface area (Å²) in [4.78, 5) is 0. The van der Waals surface area contributed by atoms with E-state index in [1.165, 1.54) is 12.0 Å². The van der Waals surface area contributed by atoms with Crippen molar-refractivity contribution < 1.29 is 9.47 Å². The van der Waals surface area contributed by atoms with Gasteiger partial charge in [0, 0.05) is 11.1 Å². The first-order valence-corrected chi connectivity index (χ1v) is 6.79. The molecule has 2 nitrogen and oxygen atoms in total. The van der Waals surface area contributed by atoms with Gasteiger partial charge in [-0.3, -0.25) is 0 Å². The Morgan fingerprint density at radius 1 is 1.29 bits per heavy atom. The third-order valence-electron chi connectivity index (χ3n) is 2.70. The molecule has 1 fully saturated rings. The molecule has 2 rings (SSSR count). The quantitative estimate of drug-likeness (QED) is 0.836. The van der Waals surface area contributed by atoms with Crippen LogP contribution in [0.3, 0.4) is 0 Å². The molecule has 0 spiro atoms. The van der Waals surface area contributed by atoms with E-state index in [1.54, 1.807) is 0 Å². The molecule has 1 aliphatic heterocycles. The highest BCUT2D eigenvalue weighted by atomic mass is 79.9. The fraction of sp³-hybridized carbons (Fsp3) is 0.429. The molecule has 1 aromatic carbocycles. The summed E-state index contributed by atoms with van der Waals surface area (Å²) in [5.41, 5.74) is 1.18. The lowest BCUT2D eigenvalue weighted by molar-refractivity contribution is -0.155. The van der Waals surface area contributed by atoms with E-state index < -0.39 is 0 Å². The van der Waals surface area contributed by atoms with Crippen molar-refractivity contribution in [3.63, 3.8) is 0 Å². The summed E-state index contributed by atoms with van der Waals surface area (Å²) < 4.78 is 12.2. The van der Waals surface area contributed by atoms with Gasteiger partial charge in [-0.15, -0.1) is 0 Å². The van der Waals surface area contributed by atoms with E-state index in [1.807, 2.05) is 18.2 Å². The second-order valence-electron chi connectivity index (χ2n) is 4.08. The van der Waals surface area contributed by atoms with E-state index in [0.29, 0.717) is 6.61 Å². The summed E-state index contributed by atoms with van der Waals surface area (Å²) >= 11 is 3.41. The number of ether oxygens (including phenoxy) is 2. The van der Waals surface area contributed by atoms with Crippen LogP contribution in [-0.4, -0.2) is 19.5 Å². The van der Waals surface area contributed by atoms with Crippen LogP contribution in [0.4, 0.5) is 0 Å². The van der Waals surface area contributed by atoms with Gasteiger partial charge in [0.2, 0.25) is 0 Å². The molecule has 1 aromatic rings. The first-order valence-electron chi connectivity index (χ1n) is 6.00. The van der Waals surface area contributed by atoms with E-state index in [-0.39, 0.29) is 6.29 Å². The summed E-state index contributed by atoms with van der Waals surface area (Å²) in [6.07, 6.45) is 7.48. The summed E-state index contributed by atoms with van der Waals surface area (Å²) in [6, 6.07) is 8.20. The monoisotopic (exact) mass is 296 g/mol. The maximum atomic E-state index is 5.61. The predicted octanol–water partition coefficient (Wildman–Crippen LogP) is 4.01. The first kappa shape index (κ1) is 12.8. The molecule has 0 amide bonds. The SMILES string of the molecule is Brc1ccc(C=CCOC2CCCCO2)cc1. The van der Waals surface area contributed by atoms with Crippen LogP contribution in [0.2, 0.25) is 0 Å². The van der Waals surface area contributed by atoms with Crippen LogP contribution >= 0.6 is 15.9 Å². The average Bonchev–Trinajstić information content (AvgIpc) is 2.38. The Morgan fingerprint density at radius 2 is 2.12 bits per heavy atom. The second kappa shape index (κ2) is 6.94. The summed E-state index contributed by atoms with van der Waals surface area (Å²) in [5.74, 6) is 0. The van der Waals surface area contributed by atoms with Crippen LogP contribution in [0.5, 0.6) is 0 Å². The van der Waals surface area contributed by atoms with Crippen molar-refractivity contribution in [1.82, 2.24) is 0 Å². The maximum Gasteiger partial charge on any atom is 0.157 e. The van der Waals surface area contributed by atoms with E-state index in [9.17, 15) is 0 Å². The number of halogens is 1. The van der Waals surface area contributed by atoms with Crippen LogP contribution in [-0.2, 0) is 9.47 Å². The predicted molar refractivity (Wildman–Crippen MR) is 72.7 cm³/mol. The van der Waals surface area contributed by atoms with Crippen molar-refractivity contribution in [3.05, 3.63) is 40.4 Å². The van der Waals surface area contributed by atoms with Gasteiger partial charge in [-0.1, -0.05) is 40.2 Å². The van der Waals surface area contributed by atoms with Crippen molar-refractivity contribution in [3.8, 4) is 0 Å². The molecule has 0 saturated carbocycles.